The van der Waals surface area contributed by atoms with E-state index in [1.807, 2.05) is 13.8 Å². The lowest BCUT2D eigenvalue weighted by Gasteiger charge is -2.13. The zero-order valence-electron chi connectivity index (χ0n) is 12.5. The third-order valence-corrected chi connectivity index (χ3v) is 4.03. The second-order valence-electron chi connectivity index (χ2n) is 4.42. The van der Waals surface area contributed by atoms with Crippen LogP contribution < -0.4 is 14.8 Å². The standard InChI is InChI=1S/C14H16BrN3O3S/c1-4-5-21-12-10(15)6-9(7-11(12)20-3)13(19)16-14-18-17-8(2)22-14/h6-7H,4-5H2,1-3H3,(H,16,18,19). The number of aryl methyl sites for hydroxylation is 1. The summed E-state index contributed by atoms with van der Waals surface area (Å²) in [6.07, 6.45) is 0.883. The van der Waals surface area contributed by atoms with Gasteiger partial charge in [0.2, 0.25) is 5.13 Å². The van der Waals surface area contributed by atoms with Crippen LogP contribution >= 0.6 is 27.3 Å². The minimum Gasteiger partial charge on any atom is -0.493 e. The molecule has 1 heterocycles. The normalized spacial score (nSPS) is 10.4. The fourth-order valence-corrected chi connectivity index (χ4v) is 2.85. The van der Waals surface area contributed by atoms with Crippen LogP contribution in [0.1, 0.15) is 28.7 Å². The number of ether oxygens (including phenoxy) is 2. The van der Waals surface area contributed by atoms with E-state index >= 15 is 0 Å². The van der Waals surface area contributed by atoms with Gasteiger partial charge < -0.3 is 9.47 Å². The summed E-state index contributed by atoms with van der Waals surface area (Å²) in [6.45, 7) is 4.42. The highest BCUT2D eigenvalue weighted by Crippen LogP contribution is 2.37. The number of nitrogens with zero attached hydrogens (tertiary/aromatic N) is 2. The lowest BCUT2D eigenvalue weighted by atomic mass is 10.2. The Bertz CT molecular complexity index is 675. The largest absolute Gasteiger partial charge is 0.493 e. The van der Waals surface area contributed by atoms with E-state index in [0.29, 0.717) is 33.3 Å². The number of anilines is 1. The van der Waals surface area contributed by atoms with E-state index in [4.69, 9.17) is 9.47 Å². The number of nitrogens with one attached hydrogen (secondary N) is 1. The molecule has 0 saturated carbocycles. The molecule has 22 heavy (non-hydrogen) atoms. The molecular weight excluding hydrogens is 370 g/mol. The molecule has 0 atom stereocenters. The van der Waals surface area contributed by atoms with Crippen LogP contribution in [0.3, 0.4) is 0 Å². The topological polar surface area (TPSA) is 73.3 Å². The number of amides is 1. The third-order valence-electron chi connectivity index (χ3n) is 2.69. The van der Waals surface area contributed by atoms with Crippen molar-refractivity contribution < 1.29 is 14.3 Å². The van der Waals surface area contributed by atoms with Crippen LogP contribution in [-0.2, 0) is 0 Å². The summed E-state index contributed by atoms with van der Waals surface area (Å²) in [6, 6.07) is 3.33. The minimum absolute atomic E-state index is 0.280. The SMILES string of the molecule is CCCOc1c(Br)cc(C(=O)Nc2nnc(C)s2)cc1OC. The fourth-order valence-electron chi connectivity index (χ4n) is 1.71. The highest BCUT2D eigenvalue weighted by atomic mass is 79.9. The van der Waals surface area contributed by atoms with Crippen molar-refractivity contribution in [3.63, 3.8) is 0 Å². The smallest absolute Gasteiger partial charge is 0.257 e. The maximum Gasteiger partial charge on any atom is 0.257 e. The van der Waals surface area contributed by atoms with E-state index in [1.54, 1.807) is 12.1 Å². The molecule has 0 aliphatic carbocycles. The van der Waals surface area contributed by atoms with Gasteiger partial charge in [0.25, 0.3) is 5.91 Å². The molecule has 0 saturated heterocycles. The zero-order valence-corrected chi connectivity index (χ0v) is 14.9. The molecule has 2 aromatic rings. The number of carbonyl (C=O) groups excluding carboxylic acids is 1. The van der Waals surface area contributed by atoms with Crippen molar-refractivity contribution in [2.75, 3.05) is 19.0 Å². The van der Waals surface area contributed by atoms with Gasteiger partial charge >= 0.3 is 0 Å². The molecule has 8 heteroatoms. The van der Waals surface area contributed by atoms with Crippen molar-refractivity contribution in [3.8, 4) is 11.5 Å². The summed E-state index contributed by atoms with van der Waals surface area (Å²) in [7, 11) is 1.54. The first-order valence-corrected chi connectivity index (χ1v) is 8.28. The van der Waals surface area contributed by atoms with Crippen molar-refractivity contribution in [2.45, 2.75) is 20.3 Å². The summed E-state index contributed by atoms with van der Waals surface area (Å²) in [4.78, 5) is 12.3. The van der Waals surface area contributed by atoms with Gasteiger partial charge in [0.15, 0.2) is 11.5 Å². The Hall–Kier alpha value is -1.67. The monoisotopic (exact) mass is 385 g/mol. The molecule has 0 unspecified atom stereocenters. The number of hydrogen-bond acceptors (Lipinski definition) is 6. The molecule has 1 aromatic carbocycles. The van der Waals surface area contributed by atoms with Gasteiger partial charge in [-0.05, 0) is 41.4 Å². The van der Waals surface area contributed by atoms with Gasteiger partial charge in [-0.3, -0.25) is 10.1 Å². The molecular formula is C14H16BrN3O3S. The van der Waals surface area contributed by atoms with Crippen LogP contribution in [-0.4, -0.2) is 29.8 Å². The molecule has 1 amide bonds. The first-order valence-electron chi connectivity index (χ1n) is 6.67. The number of halogens is 1. The van der Waals surface area contributed by atoms with Crippen LogP contribution in [0.15, 0.2) is 16.6 Å². The molecule has 0 bridgehead atoms. The molecule has 6 nitrogen and oxygen atoms in total. The first-order chi connectivity index (χ1) is 10.5. The quantitative estimate of drug-likeness (QED) is 0.820. The lowest BCUT2D eigenvalue weighted by Crippen LogP contribution is -2.12. The van der Waals surface area contributed by atoms with Gasteiger partial charge in [0.05, 0.1) is 18.2 Å². The number of benzene rings is 1. The van der Waals surface area contributed by atoms with Gasteiger partial charge in [0.1, 0.15) is 5.01 Å². The summed E-state index contributed by atoms with van der Waals surface area (Å²) in [5, 5.41) is 11.7. The van der Waals surface area contributed by atoms with E-state index in [0.717, 1.165) is 11.4 Å². The zero-order chi connectivity index (χ0) is 16.1. The van der Waals surface area contributed by atoms with E-state index in [2.05, 4.69) is 31.4 Å². The number of methoxy groups -OCH3 is 1. The minimum atomic E-state index is -0.280. The van der Waals surface area contributed by atoms with Crippen molar-refractivity contribution >= 4 is 38.3 Å². The molecule has 1 aromatic heterocycles. The van der Waals surface area contributed by atoms with Crippen molar-refractivity contribution in [3.05, 3.63) is 27.2 Å². The molecule has 118 valence electrons. The Morgan fingerprint density at radius 3 is 2.77 bits per heavy atom. The van der Waals surface area contributed by atoms with E-state index in [-0.39, 0.29) is 5.91 Å². The Morgan fingerprint density at radius 1 is 1.41 bits per heavy atom. The Balaban J connectivity index is 2.23. The van der Waals surface area contributed by atoms with Crippen molar-refractivity contribution in [1.29, 1.82) is 0 Å². The fraction of sp³-hybridized carbons (Fsp3) is 0.357. The van der Waals surface area contributed by atoms with E-state index < -0.39 is 0 Å². The molecule has 0 spiro atoms. The number of carbonyl (C=O) groups is 1. The maximum absolute atomic E-state index is 12.3. The van der Waals surface area contributed by atoms with E-state index in [9.17, 15) is 4.79 Å². The second kappa shape index (κ2) is 7.55. The summed E-state index contributed by atoms with van der Waals surface area (Å²) in [5.41, 5.74) is 0.445. The first kappa shape index (κ1) is 16.7. The number of aromatic nitrogens is 2. The van der Waals surface area contributed by atoms with Gasteiger partial charge in [-0.1, -0.05) is 18.3 Å². The highest BCUT2D eigenvalue weighted by molar-refractivity contribution is 9.10. The Kier molecular flexibility index (Phi) is 5.73. The predicted molar refractivity (Wildman–Crippen MR) is 89.1 cm³/mol. The summed E-state index contributed by atoms with van der Waals surface area (Å²) >= 11 is 4.73. The van der Waals surface area contributed by atoms with Gasteiger partial charge in [0, 0.05) is 5.56 Å². The Morgan fingerprint density at radius 2 is 2.18 bits per heavy atom. The summed E-state index contributed by atoms with van der Waals surface area (Å²) < 4.78 is 11.6. The molecule has 0 aliphatic rings. The van der Waals surface area contributed by atoms with Crippen molar-refractivity contribution in [1.82, 2.24) is 10.2 Å². The average Bonchev–Trinajstić information content (AvgIpc) is 2.90. The molecule has 0 aliphatic heterocycles. The van der Waals surface area contributed by atoms with Crippen LogP contribution in [0.25, 0.3) is 0 Å². The molecule has 0 radical (unpaired) electrons. The van der Waals surface area contributed by atoms with Gasteiger partial charge in [-0.2, -0.15) is 0 Å². The lowest BCUT2D eigenvalue weighted by molar-refractivity contribution is 0.102. The van der Waals surface area contributed by atoms with Crippen LogP contribution in [0, 0.1) is 6.92 Å². The van der Waals surface area contributed by atoms with Crippen LogP contribution in [0.4, 0.5) is 5.13 Å². The third kappa shape index (κ3) is 3.95. The van der Waals surface area contributed by atoms with Gasteiger partial charge in [-0.15, -0.1) is 10.2 Å². The van der Waals surface area contributed by atoms with Crippen LogP contribution in [0.5, 0.6) is 11.5 Å². The van der Waals surface area contributed by atoms with Crippen molar-refractivity contribution in [2.24, 2.45) is 0 Å². The highest BCUT2D eigenvalue weighted by Gasteiger charge is 2.16. The number of rotatable bonds is 6. The average molecular weight is 386 g/mol. The summed E-state index contributed by atoms with van der Waals surface area (Å²) in [5.74, 6) is 0.811. The number of hydrogen-bond donors (Lipinski definition) is 1. The molecule has 2 rings (SSSR count). The Labute approximate surface area is 141 Å². The molecule has 1 N–H and O–H groups in total. The van der Waals surface area contributed by atoms with E-state index in [1.165, 1.54) is 18.4 Å². The second-order valence-corrected chi connectivity index (χ2v) is 6.45. The predicted octanol–water partition coefficient (Wildman–Crippen LogP) is 3.66. The van der Waals surface area contributed by atoms with Crippen LogP contribution in [0.2, 0.25) is 0 Å². The molecule has 0 fully saturated rings. The van der Waals surface area contributed by atoms with Gasteiger partial charge in [-0.25, -0.2) is 0 Å². The maximum atomic E-state index is 12.3.